The first kappa shape index (κ1) is 14.5. The van der Waals surface area contributed by atoms with Gasteiger partial charge in [-0.05, 0) is 32.1 Å². The third-order valence-electron chi connectivity index (χ3n) is 2.51. The van der Waals surface area contributed by atoms with Crippen LogP contribution < -0.4 is 0 Å². The Hall–Kier alpha value is -0.520. The van der Waals surface area contributed by atoms with Gasteiger partial charge in [0.15, 0.2) is 0 Å². The van der Waals surface area contributed by atoms with Gasteiger partial charge in [-0.1, -0.05) is 63.8 Å². The summed E-state index contributed by atoms with van der Waals surface area (Å²) < 4.78 is 0. The molecule has 0 bridgehead atoms. The molecule has 0 spiro atoms. The second-order valence-electron chi connectivity index (χ2n) is 4.16. The van der Waals surface area contributed by atoms with Crippen LogP contribution in [0.15, 0.2) is 24.3 Å². The zero-order valence-electron chi connectivity index (χ0n) is 10.7. The first-order valence-corrected chi connectivity index (χ1v) is 6.71. The molecule has 0 saturated carbocycles. The predicted molar refractivity (Wildman–Crippen MR) is 71.2 cm³/mol. The fourth-order valence-corrected chi connectivity index (χ4v) is 1.52. The molecule has 0 aliphatic carbocycles. The Morgan fingerprint density at radius 3 is 1.73 bits per heavy atom. The lowest BCUT2D eigenvalue weighted by Crippen LogP contribution is -1.73. The van der Waals surface area contributed by atoms with E-state index in [1.165, 1.54) is 57.8 Å². The number of rotatable bonds is 10. The fraction of sp³-hybridized carbons (Fsp3) is 0.733. The molecule has 0 atom stereocenters. The van der Waals surface area contributed by atoms with Crippen molar-refractivity contribution in [3.63, 3.8) is 0 Å². The van der Waals surface area contributed by atoms with Crippen molar-refractivity contribution in [1.29, 1.82) is 0 Å². The molecular weight excluding hydrogens is 180 g/mol. The van der Waals surface area contributed by atoms with E-state index >= 15 is 0 Å². The summed E-state index contributed by atoms with van der Waals surface area (Å²) in [6.45, 7) is 4.49. The minimum absolute atomic E-state index is 1.21. The van der Waals surface area contributed by atoms with E-state index < -0.39 is 0 Å². The number of hydrogen-bond donors (Lipinski definition) is 0. The van der Waals surface area contributed by atoms with Gasteiger partial charge in [0.2, 0.25) is 0 Å². The Morgan fingerprint density at radius 1 is 0.533 bits per heavy atom. The maximum Gasteiger partial charge on any atom is -0.0316 e. The summed E-state index contributed by atoms with van der Waals surface area (Å²) in [6.07, 6.45) is 21.0. The lowest BCUT2D eigenvalue weighted by Gasteiger charge is -1.94. The summed E-state index contributed by atoms with van der Waals surface area (Å²) in [5, 5.41) is 0. The molecule has 0 saturated heterocycles. The average molecular weight is 208 g/mol. The molecule has 0 heterocycles. The smallest absolute Gasteiger partial charge is 0.0316 e. The molecule has 15 heavy (non-hydrogen) atoms. The molecule has 0 fully saturated rings. The Bertz CT molecular complexity index is 153. The Balaban J connectivity index is 3.10. The van der Waals surface area contributed by atoms with E-state index in [0.29, 0.717) is 0 Å². The summed E-state index contributed by atoms with van der Waals surface area (Å²) in [5.41, 5.74) is 0. The van der Waals surface area contributed by atoms with Gasteiger partial charge in [-0.2, -0.15) is 0 Å². The Labute approximate surface area is 96.5 Å². The summed E-state index contributed by atoms with van der Waals surface area (Å²) in [7, 11) is 0. The van der Waals surface area contributed by atoms with E-state index in [-0.39, 0.29) is 0 Å². The third-order valence-corrected chi connectivity index (χ3v) is 2.51. The molecule has 0 heteroatoms. The molecule has 0 rings (SSSR count). The molecular formula is C15H28. The van der Waals surface area contributed by atoms with E-state index in [2.05, 4.69) is 38.2 Å². The topological polar surface area (TPSA) is 0 Å². The van der Waals surface area contributed by atoms with Crippen LogP contribution in [0.3, 0.4) is 0 Å². The lowest BCUT2D eigenvalue weighted by molar-refractivity contribution is 0.674. The van der Waals surface area contributed by atoms with Crippen molar-refractivity contribution in [2.24, 2.45) is 0 Å². The maximum atomic E-state index is 2.35. The monoisotopic (exact) mass is 208 g/mol. The van der Waals surface area contributed by atoms with Crippen LogP contribution in [-0.4, -0.2) is 0 Å². The first-order valence-electron chi connectivity index (χ1n) is 6.71. The van der Waals surface area contributed by atoms with Crippen LogP contribution in [0.2, 0.25) is 0 Å². The predicted octanol–water partition coefficient (Wildman–Crippen LogP) is 5.65. The third kappa shape index (κ3) is 13.5. The highest BCUT2D eigenvalue weighted by Crippen LogP contribution is 2.04. The van der Waals surface area contributed by atoms with Gasteiger partial charge in [-0.25, -0.2) is 0 Å². The van der Waals surface area contributed by atoms with Crippen molar-refractivity contribution in [2.75, 3.05) is 0 Å². The molecule has 88 valence electrons. The van der Waals surface area contributed by atoms with E-state index in [1.54, 1.807) is 0 Å². The van der Waals surface area contributed by atoms with E-state index in [0.717, 1.165) is 0 Å². The normalized spacial score (nSPS) is 11.9. The van der Waals surface area contributed by atoms with E-state index in [9.17, 15) is 0 Å². The van der Waals surface area contributed by atoms with Gasteiger partial charge < -0.3 is 0 Å². The van der Waals surface area contributed by atoms with Crippen LogP contribution >= 0.6 is 0 Å². The fourth-order valence-electron chi connectivity index (χ4n) is 1.52. The second kappa shape index (κ2) is 13.5. The largest absolute Gasteiger partial charge is 0.0885 e. The molecule has 0 nitrogen and oxygen atoms in total. The molecule has 0 unspecified atom stereocenters. The van der Waals surface area contributed by atoms with E-state index in [1.807, 2.05) is 0 Å². The summed E-state index contributed by atoms with van der Waals surface area (Å²) >= 11 is 0. The van der Waals surface area contributed by atoms with Crippen LogP contribution in [0.4, 0.5) is 0 Å². The lowest BCUT2D eigenvalue weighted by atomic mass is 10.1. The van der Waals surface area contributed by atoms with Gasteiger partial charge in [0, 0.05) is 0 Å². The molecule has 0 aromatic carbocycles. The highest BCUT2D eigenvalue weighted by molar-refractivity contribution is 4.87. The van der Waals surface area contributed by atoms with Crippen LogP contribution in [-0.2, 0) is 0 Å². The Kier molecular flexibility index (Phi) is 13.0. The highest BCUT2D eigenvalue weighted by atomic mass is 13.9. The Morgan fingerprint density at radius 2 is 1.13 bits per heavy atom. The number of hydrogen-bond acceptors (Lipinski definition) is 0. The van der Waals surface area contributed by atoms with Crippen molar-refractivity contribution in [3.8, 4) is 0 Å². The van der Waals surface area contributed by atoms with Gasteiger partial charge in [0.05, 0.1) is 0 Å². The molecule has 0 aromatic heterocycles. The van der Waals surface area contributed by atoms with Crippen molar-refractivity contribution in [3.05, 3.63) is 24.3 Å². The summed E-state index contributed by atoms with van der Waals surface area (Å²) in [5.74, 6) is 0. The standard InChI is InChI=1S/C15H28/c1-3-5-7-9-11-13-15-14-12-10-8-6-4-2/h7,9,14-15H,3-6,8,10-13H2,1-2H3. The quantitative estimate of drug-likeness (QED) is 0.321. The molecule has 0 radical (unpaired) electrons. The van der Waals surface area contributed by atoms with Crippen molar-refractivity contribution < 1.29 is 0 Å². The van der Waals surface area contributed by atoms with Gasteiger partial charge >= 0.3 is 0 Å². The van der Waals surface area contributed by atoms with Crippen molar-refractivity contribution in [1.82, 2.24) is 0 Å². The number of unbranched alkanes of at least 4 members (excludes halogenated alkanes) is 6. The summed E-state index contributed by atoms with van der Waals surface area (Å²) in [4.78, 5) is 0. The van der Waals surface area contributed by atoms with Crippen LogP contribution in [0.5, 0.6) is 0 Å². The SMILES string of the molecule is CCCC=CCCC=CCCCCCC. The maximum absolute atomic E-state index is 2.35. The van der Waals surface area contributed by atoms with Gasteiger partial charge in [-0.15, -0.1) is 0 Å². The van der Waals surface area contributed by atoms with Crippen LogP contribution in [0, 0.1) is 0 Å². The zero-order valence-corrected chi connectivity index (χ0v) is 10.7. The van der Waals surface area contributed by atoms with Gasteiger partial charge in [0.25, 0.3) is 0 Å². The van der Waals surface area contributed by atoms with E-state index in [4.69, 9.17) is 0 Å². The minimum Gasteiger partial charge on any atom is -0.0885 e. The van der Waals surface area contributed by atoms with Crippen LogP contribution in [0.1, 0.15) is 71.6 Å². The average Bonchev–Trinajstić information content (AvgIpc) is 2.26. The highest BCUT2D eigenvalue weighted by Gasteiger charge is 1.84. The van der Waals surface area contributed by atoms with Gasteiger partial charge in [0.1, 0.15) is 0 Å². The minimum atomic E-state index is 1.21. The molecule has 0 aliphatic rings. The number of allylic oxidation sites excluding steroid dienone is 4. The van der Waals surface area contributed by atoms with Crippen LogP contribution in [0.25, 0.3) is 0 Å². The first-order chi connectivity index (χ1) is 7.41. The molecule has 0 amide bonds. The van der Waals surface area contributed by atoms with Crippen molar-refractivity contribution >= 4 is 0 Å². The zero-order chi connectivity index (χ0) is 11.2. The molecule has 0 aliphatic heterocycles. The van der Waals surface area contributed by atoms with Crippen molar-refractivity contribution in [2.45, 2.75) is 71.6 Å². The second-order valence-corrected chi connectivity index (χ2v) is 4.16. The summed E-state index contributed by atoms with van der Waals surface area (Å²) in [6, 6.07) is 0. The van der Waals surface area contributed by atoms with Gasteiger partial charge in [-0.3, -0.25) is 0 Å². The molecule has 0 aromatic rings. The molecule has 0 N–H and O–H groups in total.